The molecule has 0 saturated heterocycles. The zero-order valence-electron chi connectivity index (χ0n) is 12.0. The summed E-state index contributed by atoms with van der Waals surface area (Å²) in [7, 11) is 0. The Morgan fingerprint density at radius 3 is 2.79 bits per heavy atom. The molecule has 4 heteroatoms. The number of amides is 1. The van der Waals surface area contributed by atoms with E-state index in [1.807, 2.05) is 32.0 Å². The Labute approximate surface area is 115 Å². The number of carbonyl (C=O) groups is 1. The van der Waals surface area contributed by atoms with E-state index in [9.17, 15) is 4.79 Å². The predicted molar refractivity (Wildman–Crippen MR) is 78.5 cm³/mol. The van der Waals surface area contributed by atoms with Gasteiger partial charge in [-0.15, -0.1) is 0 Å². The van der Waals surface area contributed by atoms with Crippen molar-refractivity contribution in [1.82, 2.24) is 0 Å². The molecule has 0 aliphatic heterocycles. The van der Waals surface area contributed by atoms with Crippen LogP contribution in [0.3, 0.4) is 0 Å². The van der Waals surface area contributed by atoms with E-state index in [1.165, 1.54) is 0 Å². The molecule has 0 fully saturated rings. The van der Waals surface area contributed by atoms with Crippen molar-refractivity contribution in [2.45, 2.75) is 46.1 Å². The van der Waals surface area contributed by atoms with Crippen LogP contribution < -0.4 is 15.8 Å². The number of nitrogens with one attached hydrogen (secondary N) is 1. The largest absolute Gasteiger partial charge is 0.492 e. The molecule has 1 aromatic rings. The van der Waals surface area contributed by atoms with Crippen LogP contribution in [0.2, 0.25) is 0 Å². The van der Waals surface area contributed by atoms with Gasteiger partial charge < -0.3 is 15.8 Å². The summed E-state index contributed by atoms with van der Waals surface area (Å²) in [6.45, 7) is 6.54. The molecule has 19 heavy (non-hydrogen) atoms. The van der Waals surface area contributed by atoms with E-state index in [2.05, 4.69) is 12.2 Å². The first-order valence-electron chi connectivity index (χ1n) is 6.85. The minimum Gasteiger partial charge on any atom is -0.492 e. The second kappa shape index (κ2) is 7.79. The van der Waals surface area contributed by atoms with E-state index in [4.69, 9.17) is 10.5 Å². The lowest BCUT2D eigenvalue weighted by molar-refractivity contribution is -0.116. The molecule has 1 aromatic carbocycles. The number of nitrogens with two attached hydrogens (primary N) is 1. The minimum atomic E-state index is -0.0778. The quantitative estimate of drug-likeness (QED) is 0.796. The van der Waals surface area contributed by atoms with Crippen LogP contribution in [0.4, 0.5) is 5.69 Å². The summed E-state index contributed by atoms with van der Waals surface area (Å²) in [6.07, 6.45) is 2.19. The van der Waals surface area contributed by atoms with Crippen molar-refractivity contribution in [1.29, 1.82) is 0 Å². The molecule has 0 saturated carbocycles. The van der Waals surface area contributed by atoms with Crippen molar-refractivity contribution in [3.63, 3.8) is 0 Å². The fourth-order valence-electron chi connectivity index (χ4n) is 1.92. The Balaban J connectivity index is 2.67. The summed E-state index contributed by atoms with van der Waals surface area (Å²) >= 11 is 0. The molecular formula is C15H24N2O2. The second-order valence-corrected chi connectivity index (χ2v) is 4.73. The maximum absolute atomic E-state index is 11.9. The molecule has 106 valence electrons. The highest BCUT2D eigenvalue weighted by Crippen LogP contribution is 2.26. The molecule has 1 unspecified atom stereocenters. The zero-order valence-corrected chi connectivity index (χ0v) is 12.0. The molecule has 3 N–H and O–H groups in total. The van der Waals surface area contributed by atoms with Gasteiger partial charge in [0.25, 0.3) is 0 Å². The Bertz CT molecular complexity index is 419. The average molecular weight is 264 g/mol. The average Bonchev–Trinajstić information content (AvgIpc) is 2.33. The second-order valence-electron chi connectivity index (χ2n) is 4.73. The molecule has 1 atom stereocenters. The Morgan fingerprint density at radius 1 is 1.42 bits per heavy atom. The van der Waals surface area contributed by atoms with Crippen molar-refractivity contribution in [3.05, 3.63) is 23.8 Å². The van der Waals surface area contributed by atoms with Gasteiger partial charge in [-0.05, 0) is 38.0 Å². The fourth-order valence-corrected chi connectivity index (χ4v) is 1.92. The number of ether oxygens (including phenoxy) is 1. The normalized spacial score (nSPS) is 12.0. The van der Waals surface area contributed by atoms with Gasteiger partial charge in [-0.3, -0.25) is 4.79 Å². The van der Waals surface area contributed by atoms with Crippen molar-refractivity contribution in [3.8, 4) is 5.75 Å². The van der Waals surface area contributed by atoms with Gasteiger partial charge in [0.1, 0.15) is 5.75 Å². The number of hydrogen-bond acceptors (Lipinski definition) is 3. The van der Waals surface area contributed by atoms with Gasteiger partial charge in [0.15, 0.2) is 0 Å². The van der Waals surface area contributed by atoms with E-state index in [0.29, 0.717) is 24.5 Å². The van der Waals surface area contributed by atoms with Gasteiger partial charge in [0.05, 0.1) is 12.3 Å². The summed E-state index contributed by atoms with van der Waals surface area (Å²) in [5, 5.41) is 2.87. The van der Waals surface area contributed by atoms with Crippen LogP contribution in [0.25, 0.3) is 0 Å². The summed E-state index contributed by atoms with van der Waals surface area (Å²) in [4.78, 5) is 11.9. The van der Waals surface area contributed by atoms with Crippen LogP contribution in [0.5, 0.6) is 5.75 Å². The Kier molecular flexibility index (Phi) is 6.36. The van der Waals surface area contributed by atoms with Crippen molar-refractivity contribution < 1.29 is 9.53 Å². The third-order valence-corrected chi connectivity index (χ3v) is 2.82. The first-order valence-corrected chi connectivity index (χ1v) is 6.85. The lowest BCUT2D eigenvalue weighted by Crippen LogP contribution is -2.27. The Morgan fingerprint density at radius 2 is 2.16 bits per heavy atom. The molecule has 0 spiro atoms. The number of rotatable bonds is 7. The van der Waals surface area contributed by atoms with E-state index >= 15 is 0 Å². The van der Waals surface area contributed by atoms with Gasteiger partial charge in [-0.2, -0.15) is 0 Å². The van der Waals surface area contributed by atoms with Crippen LogP contribution in [0.1, 0.15) is 38.7 Å². The van der Waals surface area contributed by atoms with Gasteiger partial charge in [-0.1, -0.05) is 19.4 Å². The molecule has 0 aromatic heterocycles. The summed E-state index contributed by atoms with van der Waals surface area (Å²) < 4.78 is 5.53. The van der Waals surface area contributed by atoms with Crippen LogP contribution in [0.15, 0.2) is 18.2 Å². The highest BCUT2D eigenvalue weighted by Gasteiger charge is 2.11. The molecule has 1 rings (SSSR count). The SMILES string of the molecule is CCCC(N)CC(=O)Nc1ccc(C)cc1OCC. The molecule has 0 radical (unpaired) electrons. The standard InChI is InChI=1S/C15H24N2O2/c1-4-6-12(16)10-15(18)17-13-8-7-11(3)9-14(13)19-5-2/h7-9,12H,4-6,10,16H2,1-3H3,(H,17,18). The maximum Gasteiger partial charge on any atom is 0.226 e. The molecule has 0 aliphatic rings. The van der Waals surface area contributed by atoms with E-state index in [1.54, 1.807) is 0 Å². The van der Waals surface area contributed by atoms with Crippen molar-refractivity contribution in [2.75, 3.05) is 11.9 Å². The Hall–Kier alpha value is -1.55. The monoisotopic (exact) mass is 264 g/mol. The van der Waals surface area contributed by atoms with E-state index in [-0.39, 0.29) is 11.9 Å². The lowest BCUT2D eigenvalue weighted by atomic mass is 10.1. The molecule has 0 aliphatic carbocycles. The highest BCUT2D eigenvalue weighted by atomic mass is 16.5. The van der Waals surface area contributed by atoms with Gasteiger partial charge in [0, 0.05) is 12.5 Å². The van der Waals surface area contributed by atoms with Crippen LogP contribution in [0, 0.1) is 6.92 Å². The number of benzene rings is 1. The third kappa shape index (κ3) is 5.30. The maximum atomic E-state index is 11.9. The van der Waals surface area contributed by atoms with Crippen LogP contribution in [-0.4, -0.2) is 18.6 Å². The first kappa shape index (κ1) is 15.5. The van der Waals surface area contributed by atoms with Gasteiger partial charge in [-0.25, -0.2) is 0 Å². The van der Waals surface area contributed by atoms with Crippen molar-refractivity contribution >= 4 is 11.6 Å². The van der Waals surface area contributed by atoms with E-state index in [0.717, 1.165) is 18.4 Å². The number of carbonyl (C=O) groups excluding carboxylic acids is 1. The molecule has 0 heterocycles. The first-order chi connectivity index (χ1) is 9.06. The van der Waals surface area contributed by atoms with Crippen molar-refractivity contribution in [2.24, 2.45) is 5.73 Å². The van der Waals surface area contributed by atoms with E-state index < -0.39 is 0 Å². The van der Waals surface area contributed by atoms with Gasteiger partial charge in [0.2, 0.25) is 5.91 Å². The summed E-state index contributed by atoms with van der Waals surface area (Å²) in [5.74, 6) is 0.644. The summed E-state index contributed by atoms with van der Waals surface area (Å²) in [5.41, 5.74) is 7.68. The minimum absolute atomic E-state index is 0.0641. The van der Waals surface area contributed by atoms with Crippen LogP contribution >= 0.6 is 0 Å². The number of anilines is 1. The highest BCUT2D eigenvalue weighted by molar-refractivity contribution is 5.92. The fraction of sp³-hybridized carbons (Fsp3) is 0.533. The van der Waals surface area contributed by atoms with Crippen LogP contribution in [-0.2, 0) is 4.79 Å². The molecule has 0 bridgehead atoms. The summed E-state index contributed by atoms with van der Waals surface area (Å²) in [6, 6.07) is 5.66. The third-order valence-electron chi connectivity index (χ3n) is 2.82. The molecular weight excluding hydrogens is 240 g/mol. The smallest absolute Gasteiger partial charge is 0.226 e. The molecule has 4 nitrogen and oxygen atoms in total. The van der Waals surface area contributed by atoms with Gasteiger partial charge >= 0.3 is 0 Å². The zero-order chi connectivity index (χ0) is 14.3. The predicted octanol–water partition coefficient (Wildman–Crippen LogP) is 2.85. The lowest BCUT2D eigenvalue weighted by Gasteiger charge is -2.14. The number of aryl methyl sites for hydroxylation is 1. The number of hydrogen-bond donors (Lipinski definition) is 2. The molecule has 1 amide bonds. The topological polar surface area (TPSA) is 64.4 Å².